The lowest BCUT2D eigenvalue weighted by molar-refractivity contribution is -0.142. The quantitative estimate of drug-likeness (QED) is 0.875. The van der Waals surface area contributed by atoms with Gasteiger partial charge in [0.2, 0.25) is 0 Å². The van der Waals surface area contributed by atoms with E-state index in [1.165, 1.54) is 11.3 Å². The second-order valence-electron chi connectivity index (χ2n) is 5.24. The largest absolute Gasteiger partial charge is 0.481 e. The predicted molar refractivity (Wildman–Crippen MR) is 77.0 cm³/mol. The molecule has 0 unspecified atom stereocenters. The van der Waals surface area contributed by atoms with Crippen molar-refractivity contribution in [2.24, 2.45) is 5.92 Å². The number of hydrogen-bond donors (Lipinski definition) is 2. The lowest BCUT2D eigenvalue weighted by atomic mass is 9.86. The van der Waals surface area contributed by atoms with Gasteiger partial charge in [0, 0.05) is 11.4 Å². The van der Waals surface area contributed by atoms with Gasteiger partial charge in [-0.25, -0.2) is 4.98 Å². The summed E-state index contributed by atoms with van der Waals surface area (Å²) in [6.45, 7) is 2.09. The van der Waals surface area contributed by atoms with E-state index in [-0.39, 0.29) is 17.9 Å². The highest BCUT2D eigenvalue weighted by Crippen LogP contribution is 2.24. The van der Waals surface area contributed by atoms with Crippen molar-refractivity contribution in [1.82, 2.24) is 10.3 Å². The molecule has 6 heteroatoms. The Morgan fingerprint density at radius 1 is 1.40 bits per heavy atom. The van der Waals surface area contributed by atoms with Gasteiger partial charge in [-0.3, -0.25) is 9.59 Å². The van der Waals surface area contributed by atoms with E-state index in [2.05, 4.69) is 17.2 Å². The Morgan fingerprint density at radius 2 is 2.10 bits per heavy atom. The fourth-order valence-electron chi connectivity index (χ4n) is 2.49. The van der Waals surface area contributed by atoms with Gasteiger partial charge in [-0.1, -0.05) is 6.92 Å². The van der Waals surface area contributed by atoms with Crippen molar-refractivity contribution in [3.05, 3.63) is 16.1 Å². The van der Waals surface area contributed by atoms with Crippen molar-refractivity contribution >= 4 is 23.2 Å². The van der Waals surface area contributed by atoms with Crippen LogP contribution < -0.4 is 5.32 Å². The first kappa shape index (κ1) is 15.0. The van der Waals surface area contributed by atoms with Gasteiger partial charge in [-0.05, 0) is 38.5 Å². The standard InChI is InChI=1S/C14H20N2O3S/c1-2-3-12-16-11(8-20-12)13(17)15-10-6-4-9(5-7-10)14(18)19/h8-10H,2-7H2,1H3,(H,15,17)(H,18,19). The Bertz CT molecular complexity index is 479. The number of carboxylic acids is 1. The highest BCUT2D eigenvalue weighted by atomic mass is 32.1. The fourth-order valence-corrected chi connectivity index (χ4v) is 3.37. The number of aromatic nitrogens is 1. The third-order valence-electron chi connectivity index (χ3n) is 3.66. The molecule has 0 aromatic carbocycles. The highest BCUT2D eigenvalue weighted by Gasteiger charge is 2.27. The molecule has 0 bridgehead atoms. The Balaban J connectivity index is 1.84. The molecule has 1 aromatic heterocycles. The van der Waals surface area contributed by atoms with Gasteiger partial charge in [0.15, 0.2) is 0 Å². The van der Waals surface area contributed by atoms with Crippen molar-refractivity contribution < 1.29 is 14.7 Å². The molecule has 0 radical (unpaired) electrons. The van der Waals surface area contributed by atoms with E-state index in [0.29, 0.717) is 18.5 Å². The van der Waals surface area contributed by atoms with Crippen LogP contribution in [-0.4, -0.2) is 28.0 Å². The second kappa shape index (κ2) is 6.83. The summed E-state index contributed by atoms with van der Waals surface area (Å²) in [5.41, 5.74) is 0.485. The fraction of sp³-hybridized carbons (Fsp3) is 0.643. The van der Waals surface area contributed by atoms with E-state index >= 15 is 0 Å². The van der Waals surface area contributed by atoms with Gasteiger partial charge in [0.05, 0.1) is 10.9 Å². The smallest absolute Gasteiger partial charge is 0.306 e. The molecule has 2 rings (SSSR count). The molecule has 0 atom stereocenters. The van der Waals surface area contributed by atoms with Crippen LogP contribution in [0.5, 0.6) is 0 Å². The van der Waals surface area contributed by atoms with E-state index in [1.54, 1.807) is 5.38 Å². The number of hydrogen-bond acceptors (Lipinski definition) is 4. The zero-order valence-electron chi connectivity index (χ0n) is 11.6. The minimum Gasteiger partial charge on any atom is -0.481 e. The number of carboxylic acid groups (broad SMARTS) is 1. The first-order valence-corrected chi connectivity index (χ1v) is 7.96. The Morgan fingerprint density at radius 3 is 2.70 bits per heavy atom. The van der Waals surface area contributed by atoms with Crippen molar-refractivity contribution in [1.29, 1.82) is 0 Å². The van der Waals surface area contributed by atoms with E-state index in [0.717, 1.165) is 30.7 Å². The molecule has 0 saturated heterocycles. The highest BCUT2D eigenvalue weighted by molar-refractivity contribution is 7.09. The van der Waals surface area contributed by atoms with Crippen molar-refractivity contribution in [2.45, 2.75) is 51.5 Å². The molecule has 20 heavy (non-hydrogen) atoms. The molecule has 1 heterocycles. The summed E-state index contributed by atoms with van der Waals surface area (Å²) in [4.78, 5) is 27.3. The monoisotopic (exact) mass is 296 g/mol. The number of carbonyl (C=O) groups excluding carboxylic acids is 1. The van der Waals surface area contributed by atoms with E-state index in [1.807, 2.05) is 0 Å². The zero-order valence-corrected chi connectivity index (χ0v) is 12.4. The lowest BCUT2D eigenvalue weighted by Crippen LogP contribution is -2.38. The maximum Gasteiger partial charge on any atom is 0.306 e. The van der Waals surface area contributed by atoms with E-state index in [9.17, 15) is 9.59 Å². The summed E-state index contributed by atoms with van der Waals surface area (Å²) in [5, 5.41) is 14.7. The minimum absolute atomic E-state index is 0.0782. The molecule has 110 valence electrons. The predicted octanol–water partition coefficient (Wildman–Crippen LogP) is 2.47. The number of nitrogens with one attached hydrogen (secondary N) is 1. The van der Waals surface area contributed by atoms with Gasteiger partial charge in [0.25, 0.3) is 5.91 Å². The van der Waals surface area contributed by atoms with Crippen LogP contribution in [0.15, 0.2) is 5.38 Å². The lowest BCUT2D eigenvalue weighted by Gasteiger charge is -2.26. The number of nitrogens with zero attached hydrogens (tertiary/aromatic N) is 1. The van der Waals surface area contributed by atoms with Crippen LogP contribution in [-0.2, 0) is 11.2 Å². The van der Waals surface area contributed by atoms with Crippen LogP contribution in [0.2, 0.25) is 0 Å². The van der Waals surface area contributed by atoms with Gasteiger partial charge in [-0.2, -0.15) is 0 Å². The number of aryl methyl sites for hydroxylation is 1. The second-order valence-corrected chi connectivity index (χ2v) is 6.18. The van der Waals surface area contributed by atoms with Crippen molar-refractivity contribution in [2.75, 3.05) is 0 Å². The molecule has 0 spiro atoms. The molecule has 2 N–H and O–H groups in total. The maximum absolute atomic E-state index is 12.1. The molecule has 0 aliphatic heterocycles. The molecule has 1 aliphatic rings. The number of carbonyl (C=O) groups is 2. The molecule has 1 aliphatic carbocycles. The molecule has 1 saturated carbocycles. The maximum atomic E-state index is 12.1. The Kier molecular flexibility index (Phi) is 5.11. The minimum atomic E-state index is -0.724. The summed E-state index contributed by atoms with van der Waals surface area (Å²) >= 11 is 1.52. The van der Waals surface area contributed by atoms with E-state index in [4.69, 9.17) is 5.11 Å². The summed E-state index contributed by atoms with van der Waals surface area (Å²) in [7, 11) is 0. The molecule has 1 amide bonds. The van der Waals surface area contributed by atoms with Gasteiger partial charge in [0.1, 0.15) is 5.69 Å². The van der Waals surface area contributed by atoms with Crippen LogP contribution in [0.1, 0.15) is 54.5 Å². The summed E-state index contributed by atoms with van der Waals surface area (Å²) in [6, 6.07) is 0.0782. The summed E-state index contributed by atoms with van der Waals surface area (Å²) in [6.07, 6.45) is 4.66. The number of aliphatic carboxylic acids is 1. The third-order valence-corrected chi connectivity index (χ3v) is 4.57. The normalized spacial score (nSPS) is 22.4. The zero-order chi connectivity index (χ0) is 14.5. The summed E-state index contributed by atoms with van der Waals surface area (Å²) < 4.78 is 0. The average molecular weight is 296 g/mol. The number of amides is 1. The van der Waals surface area contributed by atoms with Crippen LogP contribution in [0, 0.1) is 5.92 Å². The number of rotatable bonds is 5. The summed E-state index contributed by atoms with van der Waals surface area (Å²) in [5.74, 6) is -1.11. The number of thiazole rings is 1. The van der Waals surface area contributed by atoms with Crippen molar-refractivity contribution in [3.8, 4) is 0 Å². The Labute approximate surface area is 122 Å². The van der Waals surface area contributed by atoms with Crippen LogP contribution in [0.3, 0.4) is 0 Å². The van der Waals surface area contributed by atoms with Gasteiger partial charge < -0.3 is 10.4 Å². The topological polar surface area (TPSA) is 79.3 Å². The van der Waals surface area contributed by atoms with Gasteiger partial charge in [-0.15, -0.1) is 11.3 Å². The molecular weight excluding hydrogens is 276 g/mol. The van der Waals surface area contributed by atoms with Crippen LogP contribution in [0.4, 0.5) is 0 Å². The third kappa shape index (κ3) is 3.79. The molecule has 1 aromatic rings. The SMILES string of the molecule is CCCc1nc(C(=O)NC2CCC(C(=O)O)CC2)cs1. The van der Waals surface area contributed by atoms with E-state index < -0.39 is 5.97 Å². The molecule has 1 fully saturated rings. The van der Waals surface area contributed by atoms with Crippen LogP contribution in [0.25, 0.3) is 0 Å². The van der Waals surface area contributed by atoms with Gasteiger partial charge >= 0.3 is 5.97 Å². The first-order valence-electron chi connectivity index (χ1n) is 7.08. The average Bonchev–Trinajstić information content (AvgIpc) is 2.88. The van der Waals surface area contributed by atoms with Crippen molar-refractivity contribution in [3.63, 3.8) is 0 Å². The molecular formula is C14H20N2O3S. The Hall–Kier alpha value is -1.43. The van der Waals surface area contributed by atoms with Crippen LogP contribution >= 0.6 is 11.3 Å². The molecule has 5 nitrogen and oxygen atoms in total. The first-order chi connectivity index (χ1) is 9.60.